The number of para-hydroxylation sites is 1. The van der Waals surface area contributed by atoms with E-state index in [1.165, 1.54) is 6.92 Å². The molecule has 1 atom stereocenters. The summed E-state index contributed by atoms with van der Waals surface area (Å²) in [5, 5.41) is 22.0. The Morgan fingerprint density at radius 1 is 0.892 bits per heavy atom. The molecular formula is C29H35N3O5. The molecular weight excluding hydrogens is 470 g/mol. The van der Waals surface area contributed by atoms with Crippen LogP contribution in [-0.2, 0) is 20.4 Å². The third kappa shape index (κ3) is 7.60. The van der Waals surface area contributed by atoms with Crippen molar-refractivity contribution in [2.24, 2.45) is 0 Å². The maximum atomic E-state index is 12.2. The van der Waals surface area contributed by atoms with Crippen LogP contribution in [0.2, 0.25) is 0 Å². The number of anilines is 2. The van der Waals surface area contributed by atoms with Gasteiger partial charge in [-0.1, -0.05) is 59.7 Å². The molecule has 0 aliphatic carbocycles. The van der Waals surface area contributed by atoms with E-state index in [4.69, 9.17) is 9.47 Å². The van der Waals surface area contributed by atoms with Crippen molar-refractivity contribution >= 4 is 23.4 Å². The molecule has 8 nitrogen and oxygen atoms in total. The summed E-state index contributed by atoms with van der Waals surface area (Å²) in [6.07, 6.45) is -1.40. The highest BCUT2D eigenvalue weighted by Gasteiger charge is 2.29. The highest BCUT2D eigenvalue weighted by atomic mass is 16.5. The van der Waals surface area contributed by atoms with Crippen molar-refractivity contribution in [3.05, 3.63) is 71.4 Å². The molecule has 8 heteroatoms. The van der Waals surface area contributed by atoms with Gasteiger partial charge >= 0.3 is 11.9 Å². The smallest absolute Gasteiger partial charge is 0.314 e. The Morgan fingerprint density at radius 3 is 1.97 bits per heavy atom. The summed E-state index contributed by atoms with van der Waals surface area (Å²) < 4.78 is 10.9. The molecule has 0 fully saturated rings. The summed E-state index contributed by atoms with van der Waals surface area (Å²) in [5.74, 6) is 0.506. The number of carbonyl (C=O) groups is 2. The molecule has 2 aromatic carbocycles. The molecule has 0 aliphatic rings. The molecule has 3 aromatic rings. The normalized spacial score (nSPS) is 12.5. The lowest BCUT2D eigenvalue weighted by molar-refractivity contribution is -0.136. The van der Waals surface area contributed by atoms with Crippen LogP contribution in [0, 0.1) is 0 Å². The second kappa shape index (κ2) is 11.1. The van der Waals surface area contributed by atoms with Gasteiger partial charge in [-0.15, -0.1) is 5.10 Å². The number of benzene rings is 2. The fourth-order valence-electron chi connectivity index (χ4n) is 3.73. The second-order valence-corrected chi connectivity index (χ2v) is 11.0. The highest BCUT2D eigenvalue weighted by molar-refractivity contribution is 5.74. The Bertz CT molecular complexity index is 1210. The Hall–Kier alpha value is -3.78. The van der Waals surface area contributed by atoms with Gasteiger partial charge in [-0.25, -0.2) is 0 Å². The summed E-state index contributed by atoms with van der Waals surface area (Å²) >= 11 is 0. The van der Waals surface area contributed by atoms with E-state index in [9.17, 15) is 14.7 Å². The van der Waals surface area contributed by atoms with Crippen LogP contribution in [0.3, 0.4) is 0 Å². The third-order valence-corrected chi connectivity index (χ3v) is 5.58. The molecule has 196 valence electrons. The van der Waals surface area contributed by atoms with E-state index in [0.717, 1.165) is 16.8 Å². The molecule has 0 radical (unpaired) electrons. The largest absolute Gasteiger partial charge is 0.426 e. The van der Waals surface area contributed by atoms with Crippen LogP contribution in [0.15, 0.2) is 54.6 Å². The molecule has 0 aliphatic heterocycles. The average molecular weight is 506 g/mol. The van der Waals surface area contributed by atoms with Crippen molar-refractivity contribution in [2.75, 3.05) is 5.32 Å². The Morgan fingerprint density at radius 2 is 1.49 bits per heavy atom. The molecule has 3 rings (SSSR count). The minimum atomic E-state index is -1.15. The number of aliphatic hydroxyl groups excluding tert-OH is 1. The fraction of sp³-hybridized carbons (Fsp3) is 0.379. The van der Waals surface area contributed by atoms with E-state index < -0.39 is 12.1 Å². The number of hydrogen-bond acceptors (Lipinski definition) is 8. The maximum absolute atomic E-state index is 12.2. The molecule has 0 bridgehead atoms. The summed E-state index contributed by atoms with van der Waals surface area (Å²) in [5.41, 5.74) is 2.20. The maximum Gasteiger partial charge on any atom is 0.314 e. The van der Waals surface area contributed by atoms with Crippen molar-refractivity contribution < 1.29 is 24.2 Å². The number of nitrogens with one attached hydrogen (secondary N) is 1. The predicted octanol–water partition coefficient (Wildman–Crippen LogP) is 5.77. The number of nitrogens with zero attached hydrogens (tertiary/aromatic N) is 2. The number of carbonyl (C=O) groups excluding carboxylic acids is 2. The second-order valence-electron chi connectivity index (χ2n) is 11.0. The van der Waals surface area contributed by atoms with Crippen LogP contribution in [0.1, 0.15) is 77.8 Å². The topological polar surface area (TPSA) is 111 Å². The van der Waals surface area contributed by atoms with E-state index in [1.807, 2.05) is 18.2 Å². The van der Waals surface area contributed by atoms with E-state index >= 15 is 0 Å². The first-order valence-electron chi connectivity index (χ1n) is 12.2. The Labute approximate surface area is 218 Å². The Balaban J connectivity index is 1.81. The van der Waals surface area contributed by atoms with Crippen molar-refractivity contribution in [1.29, 1.82) is 0 Å². The van der Waals surface area contributed by atoms with Crippen LogP contribution < -0.4 is 14.8 Å². The summed E-state index contributed by atoms with van der Waals surface area (Å²) in [4.78, 5) is 24.0. The summed E-state index contributed by atoms with van der Waals surface area (Å²) in [6.45, 7) is 13.8. The van der Waals surface area contributed by atoms with Crippen molar-refractivity contribution in [2.45, 2.75) is 71.8 Å². The summed E-state index contributed by atoms with van der Waals surface area (Å²) in [6, 6.07) is 15.8. The van der Waals surface area contributed by atoms with E-state index in [-0.39, 0.29) is 28.9 Å². The molecule has 0 amide bonds. The molecule has 0 saturated carbocycles. The quantitative estimate of drug-likeness (QED) is 0.308. The lowest BCUT2D eigenvalue weighted by Crippen LogP contribution is -2.21. The van der Waals surface area contributed by atoms with Crippen molar-refractivity contribution in [3.8, 4) is 11.5 Å². The predicted molar refractivity (Wildman–Crippen MR) is 142 cm³/mol. The van der Waals surface area contributed by atoms with Gasteiger partial charge in [0.15, 0.2) is 5.82 Å². The van der Waals surface area contributed by atoms with Crippen LogP contribution in [-0.4, -0.2) is 27.2 Å². The van der Waals surface area contributed by atoms with Gasteiger partial charge in [0.1, 0.15) is 17.6 Å². The molecule has 1 aromatic heterocycles. The van der Waals surface area contributed by atoms with Crippen LogP contribution in [0.5, 0.6) is 11.5 Å². The number of ether oxygens (including phenoxy) is 2. The van der Waals surface area contributed by atoms with E-state index in [2.05, 4.69) is 57.1 Å². The van der Waals surface area contributed by atoms with Gasteiger partial charge in [0.25, 0.3) is 0 Å². The van der Waals surface area contributed by atoms with Gasteiger partial charge in [-0.3, -0.25) is 9.59 Å². The Kier molecular flexibility index (Phi) is 8.33. The first kappa shape index (κ1) is 27.8. The molecule has 1 unspecified atom stereocenters. The van der Waals surface area contributed by atoms with Crippen molar-refractivity contribution in [1.82, 2.24) is 10.2 Å². The van der Waals surface area contributed by atoms with Gasteiger partial charge in [0.05, 0.1) is 12.1 Å². The minimum absolute atomic E-state index is 0.252. The molecule has 37 heavy (non-hydrogen) atoms. The van der Waals surface area contributed by atoms with E-state index in [1.54, 1.807) is 36.4 Å². The zero-order chi connectivity index (χ0) is 27.4. The zero-order valence-electron chi connectivity index (χ0n) is 22.5. The molecule has 0 spiro atoms. The third-order valence-electron chi connectivity index (χ3n) is 5.58. The number of rotatable bonds is 7. The first-order valence-corrected chi connectivity index (χ1v) is 12.2. The SMILES string of the molecule is CC(=O)Oc1c(C(C)(C)C)cc(Nc2ccc(C(O)CC(=O)Oc3ccccc3)nn2)cc1C(C)(C)C. The zero-order valence-corrected chi connectivity index (χ0v) is 22.5. The first-order chi connectivity index (χ1) is 17.2. The number of esters is 2. The molecule has 0 saturated heterocycles. The lowest BCUT2D eigenvalue weighted by Gasteiger charge is -2.30. The lowest BCUT2D eigenvalue weighted by atomic mass is 9.79. The number of hydrogen-bond donors (Lipinski definition) is 2. The fourth-order valence-corrected chi connectivity index (χ4v) is 3.73. The van der Waals surface area contributed by atoms with Gasteiger partial charge in [-0.2, -0.15) is 5.10 Å². The summed E-state index contributed by atoms with van der Waals surface area (Å²) in [7, 11) is 0. The monoisotopic (exact) mass is 505 g/mol. The van der Waals surface area contributed by atoms with E-state index in [0.29, 0.717) is 17.3 Å². The number of aromatic nitrogens is 2. The highest BCUT2D eigenvalue weighted by Crippen LogP contribution is 2.42. The average Bonchev–Trinajstić information content (AvgIpc) is 2.79. The molecule has 2 N–H and O–H groups in total. The van der Waals surface area contributed by atoms with Crippen LogP contribution in [0.4, 0.5) is 11.5 Å². The van der Waals surface area contributed by atoms with Gasteiger partial charge < -0.3 is 19.9 Å². The minimum Gasteiger partial charge on any atom is -0.426 e. The standard InChI is InChI=1S/C29H35N3O5/c1-18(33)36-27-21(28(2,3)4)15-19(16-22(27)29(5,6)7)30-25-14-13-23(31-32-25)24(34)17-26(35)37-20-11-9-8-10-12-20/h8-16,24,34H,17H2,1-7H3,(H,30,32). The van der Waals surface area contributed by atoms with Crippen molar-refractivity contribution in [3.63, 3.8) is 0 Å². The van der Waals surface area contributed by atoms with Gasteiger partial charge in [0, 0.05) is 23.7 Å². The van der Waals surface area contributed by atoms with Crippen LogP contribution >= 0.6 is 0 Å². The number of aliphatic hydroxyl groups is 1. The van der Waals surface area contributed by atoms with Gasteiger partial charge in [-0.05, 0) is 47.2 Å². The molecule has 1 heterocycles. The van der Waals surface area contributed by atoms with Crippen LogP contribution in [0.25, 0.3) is 0 Å². The van der Waals surface area contributed by atoms with Gasteiger partial charge in [0.2, 0.25) is 0 Å².